The molecule has 1 heterocycles. The van der Waals surface area contributed by atoms with Gasteiger partial charge in [0.25, 0.3) is 5.91 Å². The zero-order valence-electron chi connectivity index (χ0n) is 17.0. The van der Waals surface area contributed by atoms with E-state index in [0.717, 1.165) is 6.07 Å². The molecule has 1 aromatic rings. The number of alkyl halides is 2. The Morgan fingerprint density at radius 3 is 2.47 bits per heavy atom. The second-order valence-corrected chi connectivity index (χ2v) is 9.55. The van der Waals surface area contributed by atoms with Crippen LogP contribution in [0.3, 0.4) is 0 Å². The van der Waals surface area contributed by atoms with Crippen LogP contribution in [0.2, 0.25) is 0 Å². The monoisotopic (exact) mass is 449 g/mol. The Hall–Kier alpha value is -2.43. The van der Waals surface area contributed by atoms with E-state index in [4.69, 9.17) is 9.47 Å². The highest BCUT2D eigenvalue weighted by atomic mass is 32.2. The van der Waals surface area contributed by atoms with Crippen molar-refractivity contribution in [3.63, 3.8) is 0 Å². The van der Waals surface area contributed by atoms with Crippen molar-refractivity contribution in [1.29, 1.82) is 0 Å². The van der Waals surface area contributed by atoms with Crippen molar-refractivity contribution in [2.24, 2.45) is 5.92 Å². The Balaban J connectivity index is 2.05. The van der Waals surface area contributed by atoms with Gasteiger partial charge in [-0.15, -0.1) is 0 Å². The fourth-order valence-corrected chi connectivity index (χ4v) is 4.88. The van der Waals surface area contributed by atoms with Gasteiger partial charge in [-0.3, -0.25) is 4.79 Å². The Morgan fingerprint density at radius 1 is 1.23 bits per heavy atom. The fourth-order valence-electron chi connectivity index (χ4n) is 3.15. The molecule has 1 amide bonds. The summed E-state index contributed by atoms with van der Waals surface area (Å²) in [5.74, 6) is -1.68. The van der Waals surface area contributed by atoms with Crippen molar-refractivity contribution in [1.82, 2.24) is 4.90 Å². The second-order valence-electron chi connectivity index (χ2n) is 7.32. The number of sulfone groups is 1. The van der Waals surface area contributed by atoms with E-state index in [9.17, 15) is 26.8 Å². The lowest BCUT2D eigenvalue weighted by Crippen LogP contribution is -2.45. The van der Waals surface area contributed by atoms with Gasteiger partial charge in [0.05, 0.1) is 24.2 Å². The van der Waals surface area contributed by atoms with Crippen LogP contribution in [-0.2, 0) is 19.4 Å². The van der Waals surface area contributed by atoms with E-state index in [1.165, 1.54) is 24.1 Å². The van der Waals surface area contributed by atoms with Crippen molar-refractivity contribution in [2.75, 3.05) is 31.8 Å². The van der Waals surface area contributed by atoms with Gasteiger partial charge in [0.1, 0.15) is 0 Å². The highest BCUT2D eigenvalue weighted by Gasteiger charge is 2.35. The summed E-state index contributed by atoms with van der Waals surface area (Å²) >= 11 is 0. The third-order valence-corrected chi connectivity index (χ3v) is 6.22. The molecule has 0 N–H and O–H groups in total. The highest BCUT2D eigenvalue weighted by molar-refractivity contribution is 7.91. The van der Waals surface area contributed by atoms with Gasteiger partial charge in [0, 0.05) is 12.6 Å². The minimum atomic E-state index is -3.19. The summed E-state index contributed by atoms with van der Waals surface area (Å²) < 4.78 is 62.6. The summed E-state index contributed by atoms with van der Waals surface area (Å²) in [6, 6.07) is 3.06. The zero-order valence-corrected chi connectivity index (χ0v) is 17.8. The summed E-state index contributed by atoms with van der Waals surface area (Å²) in [5.41, 5.74) is -0.0138. The molecule has 0 unspecified atom stereocenters. The van der Waals surface area contributed by atoms with Gasteiger partial charge in [0.15, 0.2) is 27.9 Å². The number of ether oxygens (including phenoxy) is 3. The van der Waals surface area contributed by atoms with Crippen molar-refractivity contribution >= 4 is 21.7 Å². The number of amides is 1. The second kappa shape index (κ2) is 10.1. The molecule has 1 aliphatic heterocycles. The average Bonchev–Trinajstić information content (AvgIpc) is 3.03. The van der Waals surface area contributed by atoms with Gasteiger partial charge in [-0.2, -0.15) is 8.78 Å². The summed E-state index contributed by atoms with van der Waals surface area (Å²) in [6.45, 7) is 0.500. The minimum Gasteiger partial charge on any atom is -0.493 e. The molecule has 0 aliphatic carbocycles. The van der Waals surface area contributed by atoms with E-state index >= 15 is 0 Å². The number of hydrogen-bond acceptors (Lipinski definition) is 7. The molecule has 8 nitrogen and oxygen atoms in total. The third kappa shape index (κ3) is 6.54. The fraction of sp³-hybridized carbons (Fsp3) is 0.579. The standard InChI is InChI=1S/C19H25F2NO7S/c1-12(2)9-22(14-6-7-30(25,26)11-14)17(23)10-28-18(24)13-4-5-15(29-19(20)21)16(8-13)27-3/h4-5,8,12,14,19H,6-7,9-11H2,1-3H3/t14-/m1/s1. The van der Waals surface area contributed by atoms with Crippen LogP contribution in [0.25, 0.3) is 0 Å². The first kappa shape index (κ1) is 23.8. The number of carbonyl (C=O) groups excluding carboxylic acids is 2. The van der Waals surface area contributed by atoms with Crippen molar-refractivity contribution < 1.29 is 41.0 Å². The van der Waals surface area contributed by atoms with Crippen LogP contribution in [0.15, 0.2) is 18.2 Å². The van der Waals surface area contributed by atoms with Crippen LogP contribution in [0.5, 0.6) is 11.5 Å². The van der Waals surface area contributed by atoms with E-state index < -0.39 is 41.0 Å². The number of hydrogen-bond donors (Lipinski definition) is 0. The maximum Gasteiger partial charge on any atom is 0.387 e. The molecule has 0 aromatic heterocycles. The highest BCUT2D eigenvalue weighted by Crippen LogP contribution is 2.29. The van der Waals surface area contributed by atoms with Crippen LogP contribution in [0.4, 0.5) is 8.78 Å². The molecule has 11 heteroatoms. The van der Waals surface area contributed by atoms with Gasteiger partial charge in [-0.25, -0.2) is 13.2 Å². The maximum absolute atomic E-state index is 12.6. The molecule has 1 fully saturated rings. The lowest BCUT2D eigenvalue weighted by molar-refractivity contribution is -0.137. The van der Waals surface area contributed by atoms with Gasteiger partial charge in [0.2, 0.25) is 0 Å². The molecule has 30 heavy (non-hydrogen) atoms. The molecule has 0 bridgehead atoms. The molecule has 1 saturated heterocycles. The summed E-state index contributed by atoms with van der Waals surface area (Å²) in [6.07, 6.45) is 0.345. The maximum atomic E-state index is 12.6. The van der Waals surface area contributed by atoms with Crippen LogP contribution in [-0.4, -0.2) is 69.6 Å². The van der Waals surface area contributed by atoms with Crippen molar-refractivity contribution in [3.8, 4) is 11.5 Å². The van der Waals surface area contributed by atoms with E-state index in [0.29, 0.717) is 13.0 Å². The number of nitrogens with zero attached hydrogens (tertiary/aromatic N) is 1. The normalized spacial score (nSPS) is 17.8. The van der Waals surface area contributed by atoms with Crippen molar-refractivity contribution in [3.05, 3.63) is 23.8 Å². The van der Waals surface area contributed by atoms with Crippen molar-refractivity contribution in [2.45, 2.75) is 32.9 Å². The molecule has 2 rings (SSSR count). The van der Waals surface area contributed by atoms with E-state index in [2.05, 4.69) is 4.74 Å². The SMILES string of the molecule is COc1cc(C(=O)OCC(=O)N(CC(C)C)[C@@H]2CCS(=O)(=O)C2)ccc1OC(F)F. The molecular formula is C19H25F2NO7S. The van der Waals surface area contributed by atoms with Gasteiger partial charge in [-0.05, 0) is 30.5 Å². The summed E-state index contributed by atoms with van der Waals surface area (Å²) in [4.78, 5) is 26.4. The molecule has 0 saturated carbocycles. The molecule has 1 aromatic carbocycles. The third-order valence-electron chi connectivity index (χ3n) is 4.47. The molecule has 1 atom stereocenters. The predicted molar refractivity (Wildman–Crippen MR) is 104 cm³/mol. The number of benzene rings is 1. The molecule has 1 aliphatic rings. The van der Waals surface area contributed by atoms with E-state index in [1.807, 2.05) is 13.8 Å². The Kier molecular flexibility index (Phi) is 7.99. The predicted octanol–water partition coefficient (Wildman–Crippen LogP) is 2.13. The van der Waals surface area contributed by atoms with Crippen LogP contribution >= 0.6 is 0 Å². The molecular weight excluding hydrogens is 424 g/mol. The number of carbonyl (C=O) groups is 2. The zero-order chi connectivity index (χ0) is 22.5. The molecule has 168 valence electrons. The Labute approximate surface area is 174 Å². The largest absolute Gasteiger partial charge is 0.493 e. The quantitative estimate of drug-likeness (QED) is 0.533. The lowest BCUT2D eigenvalue weighted by Gasteiger charge is -2.29. The first-order chi connectivity index (χ1) is 14.0. The molecule has 0 radical (unpaired) electrons. The number of methoxy groups -OCH3 is 1. The number of rotatable bonds is 9. The average molecular weight is 449 g/mol. The first-order valence-corrected chi connectivity index (χ1v) is 11.1. The summed E-state index contributed by atoms with van der Waals surface area (Å²) in [7, 11) is -1.96. The lowest BCUT2D eigenvalue weighted by atomic mass is 10.1. The van der Waals surface area contributed by atoms with Crippen LogP contribution < -0.4 is 9.47 Å². The van der Waals surface area contributed by atoms with Crippen LogP contribution in [0, 0.1) is 5.92 Å². The summed E-state index contributed by atoms with van der Waals surface area (Å²) in [5, 5.41) is 0. The van der Waals surface area contributed by atoms with Gasteiger partial charge in [-0.1, -0.05) is 13.8 Å². The molecule has 0 spiro atoms. The van der Waals surface area contributed by atoms with Gasteiger partial charge < -0.3 is 19.1 Å². The number of esters is 1. The van der Waals surface area contributed by atoms with E-state index in [-0.39, 0.29) is 34.5 Å². The minimum absolute atomic E-state index is 0.0138. The van der Waals surface area contributed by atoms with Crippen LogP contribution in [0.1, 0.15) is 30.6 Å². The first-order valence-electron chi connectivity index (χ1n) is 9.32. The smallest absolute Gasteiger partial charge is 0.387 e. The number of halogens is 2. The van der Waals surface area contributed by atoms with E-state index in [1.54, 1.807) is 0 Å². The Bertz CT molecular complexity index is 874. The topological polar surface area (TPSA) is 99.2 Å². The Morgan fingerprint density at radius 2 is 1.93 bits per heavy atom. The van der Waals surface area contributed by atoms with Gasteiger partial charge >= 0.3 is 12.6 Å².